The number of aryl methyl sites for hydroxylation is 1. The Labute approximate surface area is 125 Å². The fraction of sp³-hybridized carbons (Fsp3) is 0.375. The highest BCUT2D eigenvalue weighted by Gasteiger charge is 2.26. The monoisotopic (exact) mass is 286 g/mol. The summed E-state index contributed by atoms with van der Waals surface area (Å²) in [5.74, 6) is 2.16. The number of nitrogens with one attached hydrogen (secondary N) is 2. The first-order chi connectivity index (χ1) is 10.1. The molecule has 0 radical (unpaired) electrons. The topological polar surface area (TPSA) is 70.1 Å². The maximum absolute atomic E-state index is 9.82. The maximum atomic E-state index is 9.82. The number of hydrogen-bond acceptors (Lipinski definition) is 5. The van der Waals surface area contributed by atoms with Crippen LogP contribution in [-0.2, 0) is 5.54 Å². The van der Waals surface area contributed by atoms with Crippen molar-refractivity contribution >= 4 is 11.6 Å². The van der Waals surface area contributed by atoms with Gasteiger partial charge in [-0.1, -0.05) is 30.3 Å². The van der Waals surface area contributed by atoms with Crippen LogP contribution < -0.4 is 10.6 Å². The number of aliphatic hydroxyl groups excluding tert-OH is 1. The Morgan fingerprint density at radius 2 is 1.81 bits per heavy atom. The number of aliphatic hydroxyl groups is 1. The molecule has 1 heterocycles. The van der Waals surface area contributed by atoms with Crippen LogP contribution >= 0.6 is 0 Å². The van der Waals surface area contributed by atoms with Crippen molar-refractivity contribution in [2.24, 2.45) is 0 Å². The van der Waals surface area contributed by atoms with Crippen molar-refractivity contribution in [3.05, 3.63) is 47.8 Å². The molecule has 0 amide bonds. The average molecular weight is 286 g/mol. The molecule has 0 saturated heterocycles. The summed E-state index contributed by atoms with van der Waals surface area (Å²) in [6, 6.07) is 11.7. The Morgan fingerprint density at radius 1 is 1.14 bits per heavy atom. The number of rotatable bonds is 6. The lowest BCUT2D eigenvalue weighted by Crippen LogP contribution is -2.36. The summed E-state index contributed by atoms with van der Waals surface area (Å²) in [6.07, 6.45) is 0. The van der Waals surface area contributed by atoms with E-state index >= 15 is 0 Å². The highest BCUT2D eigenvalue weighted by atomic mass is 16.3. The van der Waals surface area contributed by atoms with Crippen LogP contribution in [-0.4, -0.2) is 28.2 Å². The molecule has 3 N–H and O–H groups in total. The normalized spacial score (nSPS) is 13.5. The van der Waals surface area contributed by atoms with Crippen molar-refractivity contribution in [3.63, 3.8) is 0 Å². The molecule has 21 heavy (non-hydrogen) atoms. The zero-order chi connectivity index (χ0) is 15.3. The molecule has 2 rings (SSSR count). The van der Waals surface area contributed by atoms with E-state index in [0.29, 0.717) is 11.6 Å². The summed E-state index contributed by atoms with van der Waals surface area (Å²) in [5, 5.41) is 16.3. The van der Waals surface area contributed by atoms with Crippen molar-refractivity contribution < 1.29 is 5.11 Å². The Balaban J connectivity index is 2.30. The van der Waals surface area contributed by atoms with E-state index in [-0.39, 0.29) is 6.61 Å². The number of nitrogens with zero attached hydrogens (tertiary/aromatic N) is 2. The molecular weight excluding hydrogens is 264 g/mol. The van der Waals surface area contributed by atoms with Crippen molar-refractivity contribution in [1.29, 1.82) is 0 Å². The molecule has 112 valence electrons. The van der Waals surface area contributed by atoms with Gasteiger partial charge < -0.3 is 15.7 Å². The Bertz CT molecular complexity index is 588. The second-order valence-electron chi connectivity index (χ2n) is 5.20. The van der Waals surface area contributed by atoms with Gasteiger partial charge in [0.1, 0.15) is 17.5 Å². The van der Waals surface area contributed by atoms with Gasteiger partial charge in [-0.25, -0.2) is 9.97 Å². The van der Waals surface area contributed by atoms with E-state index in [1.165, 1.54) is 0 Å². The first kappa shape index (κ1) is 15.3. The molecule has 0 bridgehead atoms. The van der Waals surface area contributed by atoms with Gasteiger partial charge in [0.2, 0.25) is 0 Å². The first-order valence-corrected chi connectivity index (χ1v) is 7.11. The zero-order valence-electron chi connectivity index (χ0n) is 12.7. The van der Waals surface area contributed by atoms with Gasteiger partial charge in [-0.15, -0.1) is 0 Å². The zero-order valence-corrected chi connectivity index (χ0v) is 12.7. The van der Waals surface area contributed by atoms with Gasteiger partial charge in [-0.2, -0.15) is 0 Å². The molecule has 2 aromatic rings. The molecule has 0 fully saturated rings. The molecule has 1 aromatic carbocycles. The maximum Gasteiger partial charge on any atom is 0.132 e. The molecular formula is C16H22N4O. The summed E-state index contributed by atoms with van der Waals surface area (Å²) in [6.45, 7) is 6.59. The molecule has 1 aromatic heterocycles. The van der Waals surface area contributed by atoms with Crippen LogP contribution in [0.3, 0.4) is 0 Å². The largest absolute Gasteiger partial charge is 0.394 e. The minimum atomic E-state index is -0.592. The predicted octanol–water partition coefficient (Wildman–Crippen LogP) is 2.54. The predicted molar refractivity (Wildman–Crippen MR) is 85.4 cm³/mol. The quantitative estimate of drug-likeness (QED) is 0.761. The first-order valence-electron chi connectivity index (χ1n) is 7.11. The summed E-state index contributed by atoms with van der Waals surface area (Å²) in [5.41, 5.74) is 0.416. The minimum absolute atomic E-state index is 0.0311. The van der Waals surface area contributed by atoms with Crippen LogP contribution in [0.5, 0.6) is 0 Å². The SMILES string of the molecule is CCNc1cc(NC(C)(CO)c2ccccc2)nc(C)n1. The van der Waals surface area contributed by atoms with Gasteiger partial charge in [0.15, 0.2) is 0 Å². The van der Waals surface area contributed by atoms with E-state index in [4.69, 9.17) is 0 Å². The molecule has 0 aliphatic carbocycles. The molecule has 1 atom stereocenters. The van der Waals surface area contributed by atoms with Crippen molar-refractivity contribution in [2.75, 3.05) is 23.8 Å². The van der Waals surface area contributed by atoms with E-state index in [9.17, 15) is 5.11 Å². The third-order valence-electron chi connectivity index (χ3n) is 3.33. The van der Waals surface area contributed by atoms with E-state index in [2.05, 4.69) is 20.6 Å². The van der Waals surface area contributed by atoms with Crippen LogP contribution in [0.4, 0.5) is 11.6 Å². The second kappa shape index (κ2) is 6.54. The minimum Gasteiger partial charge on any atom is -0.394 e. The van der Waals surface area contributed by atoms with Gasteiger partial charge in [-0.3, -0.25) is 0 Å². The van der Waals surface area contributed by atoms with E-state index < -0.39 is 5.54 Å². The molecule has 0 aliphatic rings. The average Bonchev–Trinajstić information content (AvgIpc) is 2.48. The van der Waals surface area contributed by atoms with Crippen molar-refractivity contribution in [3.8, 4) is 0 Å². The molecule has 0 spiro atoms. The highest BCUT2D eigenvalue weighted by molar-refractivity contribution is 5.50. The smallest absolute Gasteiger partial charge is 0.132 e. The van der Waals surface area contributed by atoms with Crippen molar-refractivity contribution in [1.82, 2.24) is 9.97 Å². The van der Waals surface area contributed by atoms with Crippen LogP contribution in [0.2, 0.25) is 0 Å². The van der Waals surface area contributed by atoms with Gasteiger partial charge >= 0.3 is 0 Å². The van der Waals surface area contributed by atoms with Crippen LogP contribution in [0.1, 0.15) is 25.2 Å². The third kappa shape index (κ3) is 3.70. The molecule has 5 nitrogen and oxygen atoms in total. The molecule has 0 saturated carbocycles. The number of benzene rings is 1. The lowest BCUT2D eigenvalue weighted by Gasteiger charge is -2.30. The van der Waals surface area contributed by atoms with Gasteiger partial charge in [-0.05, 0) is 26.3 Å². The van der Waals surface area contributed by atoms with Crippen LogP contribution in [0.25, 0.3) is 0 Å². The summed E-state index contributed by atoms with van der Waals surface area (Å²) >= 11 is 0. The van der Waals surface area contributed by atoms with Crippen molar-refractivity contribution in [2.45, 2.75) is 26.3 Å². The number of anilines is 2. The van der Waals surface area contributed by atoms with Gasteiger partial charge in [0.05, 0.1) is 12.1 Å². The molecule has 0 aliphatic heterocycles. The molecule has 1 unspecified atom stereocenters. The van der Waals surface area contributed by atoms with Crippen LogP contribution in [0, 0.1) is 6.92 Å². The third-order valence-corrected chi connectivity index (χ3v) is 3.33. The van der Waals surface area contributed by atoms with E-state index in [1.54, 1.807) is 0 Å². The second-order valence-corrected chi connectivity index (χ2v) is 5.20. The Hall–Kier alpha value is -2.14. The van der Waals surface area contributed by atoms with Gasteiger partial charge in [0, 0.05) is 12.6 Å². The Kier molecular flexibility index (Phi) is 4.75. The highest BCUT2D eigenvalue weighted by Crippen LogP contribution is 2.25. The molecule has 5 heteroatoms. The number of aromatic nitrogens is 2. The van der Waals surface area contributed by atoms with Crippen LogP contribution in [0.15, 0.2) is 36.4 Å². The van der Waals surface area contributed by atoms with E-state index in [1.807, 2.05) is 57.2 Å². The lowest BCUT2D eigenvalue weighted by molar-refractivity contribution is 0.223. The summed E-state index contributed by atoms with van der Waals surface area (Å²) in [4.78, 5) is 8.73. The summed E-state index contributed by atoms with van der Waals surface area (Å²) in [7, 11) is 0. The fourth-order valence-electron chi connectivity index (χ4n) is 2.20. The standard InChI is InChI=1S/C16H22N4O/c1-4-17-14-10-15(19-12(2)18-14)20-16(3,11-21)13-8-6-5-7-9-13/h5-10,21H,4,11H2,1-3H3,(H2,17,18,19,20). The Morgan fingerprint density at radius 3 is 2.43 bits per heavy atom. The fourth-order valence-corrected chi connectivity index (χ4v) is 2.20. The lowest BCUT2D eigenvalue weighted by atomic mass is 9.93. The summed E-state index contributed by atoms with van der Waals surface area (Å²) < 4.78 is 0. The number of hydrogen-bond donors (Lipinski definition) is 3. The van der Waals surface area contributed by atoms with E-state index in [0.717, 1.165) is 17.9 Å². The van der Waals surface area contributed by atoms with Gasteiger partial charge in [0.25, 0.3) is 0 Å².